The molecule has 0 spiro atoms. The summed E-state index contributed by atoms with van der Waals surface area (Å²) < 4.78 is 0. The molecule has 8 nitrogen and oxygen atoms in total. The van der Waals surface area contributed by atoms with Crippen LogP contribution in [-0.2, 0) is 0 Å². The predicted molar refractivity (Wildman–Crippen MR) is 73.3 cm³/mol. The molecule has 0 atom stereocenters. The fraction of sp³-hybridized carbons (Fsp3) is 0.167. The molecule has 0 fully saturated rings. The highest BCUT2D eigenvalue weighted by Crippen LogP contribution is 2.17. The normalized spacial score (nSPS) is 10.1. The molecule has 8 heteroatoms. The van der Waals surface area contributed by atoms with E-state index < -0.39 is 5.91 Å². The van der Waals surface area contributed by atoms with Crippen LogP contribution in [0.25, 0.3) is 0 Å². The summed E-state index contributed by atoms with van der Waals surface area (Å²) in [4.78, 5) is 27.2. The summed E-state index contributed by atoms with van der Waals surface area (Å²) in [5.41, 5.74) is 7.12. The second-order valence-corrected chi connectivity index (χ2v) is 4.11. The Morgan fingerprint density at radius 1 is 1.30 bits per heavy atom. The fourth-order valence-corrected chi connectivity index (χ4v) is 1.60. The number of hydrogen-bond acceptors (Lipinski definition) is 5. The highest BCUT2D eigenvalue weighted by molar-refractivity contribution is 6.03. The smallest absolute Gasteiger partial charge is 0.293 e. The number of aryl methyl sites for hydroxylation is 1. The minimum Gasteiger partial charge on any atom is -0.366 e. The number of carbonyl (C=O) groups excluding carboxylic acids is 2. The third-order valence-electron chi connectivity index (χ3n) is 2.69. The van der Waals surface area contributed by atoms with Gasteiger partial charge in [-0.2, -0.15) is 4.98 Å². The first-order chi connectivity index (χ1) is 9.51. The highest BCUT2D eigenvalue weighted by Gasteiger charge is 2.13. The highest BCUT2D eigenvalue weighted by atomic mass is 16.2. The second-order valence-electron chi connectivity index (χ2n) is 4.11. The van der Waals surface area contributed by atoms with Gasteiger partial charge in [-0.3, -0.25) is 14.7 Å². The van der Waals surface area contributed by atoms with Gasteiger partial charge in [-0.05, 0) is 24.6 Å². The largest absolute Gasteiger partial charge is 0.366 e. The van der Waals surface area contributed by atoms with Gasteiger partial charge in [0.25, 0.3) is 11.8 Å². The monoisotopic (exact) mass is 274 g/mol. The predicted octanol–water partition coefficient (Wildman–Crippen LogP) is 0.307. The Balaban J connectivity index is 2.24. The van der Waals surface area contributed by atoms with E-state index in [-0.39, 0.29) is 17.7 Å². The number of benzene rings is 1. The summed E-state index contributed by atoms with van der Waals surface area (Å²) in [5, 5.41) is 11.2. The van der Waals surface area contributed by atoms with Gasteiger partial charge in [0.1, 0.15) is 0 Å². The number of nitrogens with one attached hydrogen (secondary N) is 3. The van der Waals surface area contributed by atoms with Crippen LogP contribution in [0.3, 0.4) is 0 Å². The van der Waals surface area contributed by atoms with E-state index in [1.54, 1.807) is 18.2 Å². The number of nitrogens with zero attached hydrogens (tertiary/aromatic N) is 2. The first-order valence-electron chi connectivity index (χ1n) is 5.83. The topological polar surface area (TPSA) is 126 Å². The molecule has 0 unspecified atom stereocenters. The molecule has 5 N–H and O–H groups in total. The second kappa shape index (κ2) is 5.39. The molecule has 104 valence electrons. The number of aromatic amines is 1. The number of aromatic nitrogens is 3. The zero-order valence-electron chi connectivity index (χ0n) is 11.0. The van der Waals surface area contributed by atoms with Gasteiger partial charge in [0.05, 0.1) is 0 Å². The maximum atomic E-state index is 11.9. The molecule has 0 bridgehead atoms. The van der Waals surface area contributed by atoms with E-state index in [2.05, 4.69) is 25.8 Å². The molecule has 2 amide bonds. The molecule has 0 saturated heterocycles. The van der Waals surface area contributed by atoms with E-state index >= 15 is 0 Å². The van der Waals surface area contributed by atoms with Crippen molar-refractivity contribution >= 4 is 23.5 Å². The first kappa shape index (κ1) is 13.5. The Morgan fingerprint density at radius 2 is 2.05 bits per heavy atom. The Bertz CT molecular complexity index is 664. The fourth-order valence-electron chi connectivity index (χ4n) is 1.60. The van der Waals surface area contributed by atoms with Crippen LogP contribution in [0.5, 0.6) is 0 Å². The molecule has 0 aliphatic rings. The number of rotatable bonds is 3. The van der Waals surface area contributed by atoms with Gasteiger partial charge in [-0.1, -0.05) is 6.07 Å². The minimum atomic E-state index is -0.480. The van der Waals surface area contributed by atoms with Gasteiger partial charge < -0.3 is 16.4 Å². The molecule has 0 saturated carbocycles. The van der Waals surface area contributed by atoms with E-state index in [0.717, 1.165) is 5.56 Å². The summed E-state index contributed by atoms with van der Waals surface area (Å²) >= 11 is 0. The van der Waals surface area contributed by atoms with E-state index in [9.17, 15) is 9.59 Å². The van der Waals surface area contributed by atoms with Crippen LogP contribution in [0.2, 0.25) is 0 Å². The molecule has 1 heterocycles. The van der Waals surface area contributed by atoms with Crippen LogP contribution in [0.4, 0.5) is 11.6 Å². The number of carbonyl (C=O) groups is 2. The lowest BCUT2D eigenvalue weighted by atomic mass is 10.1. The van der Waals surface area contributed by atoms with Crippen LogP contribution in [0.15, 0.2) is 18.2 Å². The van der Waals surface area contributed by atoms with Crippen molar-refractivity contribution < 1.29 is 9.59 Å². The Kier molecular flexibility index (Phi) is 3.65. The van der Waals surface area contributed by atoms with Gasteiger partial charge >= 0.3 is 0 Å². The number of anilines is 2. The third kappa shape index (κ3) is 2.74. The average molecular weight is 274 g/mol. The standard InChI is InChI=1S/C12H14N6O2/c1-6-3-4-7(10(19)14-2)5-8(6)15-11(20)9-16-12(13)18-17-9/h3-5H,1-2H3,(H,14,19)(H,15,20)(H3,13,16,17,18). The number of nitrogen functional groups attached to an aromatic ring is 1. The van der Waals surface area contributed by atoms with Crippen LogP contribution >= 0.6 is 0 Å². The van der Waals surface area contributed by atoms with E-state index in [4.69, 9.17) is 5.73 Å². The number of H-pyrrole nitrogens is 1. The van der Waals surface area contributed by atoms with Crippen molar-refractivity contribution in [3.63, 3.8) is 0 Å². The lowest BCUT2D eigenvalue weighted by Gasteiger charge is -2.09. The quantitative estimate of drug-likeness (QED) is 0.640. The van der Waals surface area contributed by atoms with Crippen LogP contribution in [0, 0.1) is 6.92 Å². The SMILES string of the molecule is CNC(=O)c1ccc(C)c(NC(=O)c2nc(N)n[nH]2)c1. The molecule has 1 aromatic heterocycles. The van der Waals surface area contributed by atoms with Crippen molar-refractivity contribution in [1.82, 2.24) is 20.5 Å². The lowest BCUT2D eigenvalue weighted by Crippen LogP contribution is -2.19. The van der Waals surface area contributed by atoms with Crippen molar-refractivity contribution in [3.05, 3.63) is 35.2 Å². The molecular formula is C12H14N6O2. The maximum Gasteiger partial charge on any atom is 0.293 e. The summed E-state index contributed by atoms with van der Waals surface area (Å²) in [6.07, 6.45) is 0. The van der Waals surface area contributed by atoms with Crippen molar-refractivity contribution in [3.8, 4) is 0 Å². The molecule has 20 heavy (non-hydrogen) atoms. The van der Waals surface area contributed by atoms with E-state index in [1.165, 1.54) is 7.05 Å². The molecule has 1 aromatic carbocycles. The van der Waals surface area contributed by atoms with Crippen molar-refractivity contribution in [1.29, 1.82) is 0 Å². The van der Waals surface area contributed by atoms with Crippen LogP contribution in [0.1, 0.15) is 26.5 Å². The summed E-state index contributed by atoms with van der Waals surface area (Å²) in [6.45, 7) is 1.82. The van der Waals surface area contributed by atoms with Gasteiger partial charge in [0.2, 0.25) is 11.8 Å². The van der Waals surface area contributed by atoms with Gasteiger partial charge in [0, 0.05) is 18.3 Å². The third-order valence-corrected chi connectivity index (χ3v) is 2.69. The van der Waals surface area contributed by atoms with Gasteiger partial charge in [-0.15, -0.1) is 5.10 Å². The Morgan fingerprint density at radius 3 is 2.65 bits per heavy atom. The van der Waals surface area contributed by atoms with Crippen molar-refractivity contribution in [2.24, 2.45) is 0 Å². The van der Waals surface area contributed by atoms with Crippen LogP contribution in [-0.4, -0.2) is 34.0 Å². The Hall–Kier alpha value is -2.90. The van der Waals surface area contributed by atoms with Gasteiger partial charge in [0.15, 0.2) is 0 Å². The minimum absolute atomic E-state index is 0.00671. The first-order valence-corrected chi connectivity index (χ1v) is 5.83. The van der Waals surface area contributed by atoms with E-state index in [1.807, 2.05) is 6.92 Å². The maximum absolute atomic E-state index is 11.9. The molecule has 2 rings (SSSR count). The van der Waals surface area contributed by atoms with Gasteiger partial charge in [-0.25, -0.2) is 0 Å². The summed E-state index contributed by atoms with van der Waals surface area (Å²) in [5.74, 6) is -0.714. The van der Waals surface area contributed by atoms with Crippen LogP contribution < -0.4 is 16.4 Å². The molecule has 0 aliphatic carbocycles. The lowest BCUT2D eigenvalue weighted by molar-refractivity contribution is 0.0961. The number of nitrogens with two attached hydrogens (primary N) is 1. The number of amides is 2. The van der Waals surface area contributed by atoms with Crippen molar-refractivity contribution in [2.75, 3.05) is 18.1 Å². The number of hydrogen-bond donors (Lipinski definition) is 4. The molecular weight excluding hydrogens is 260 g/mol. The molecule has 0 aliphatic heterocycles. The summed E-state index contributed by atoms with van der Waals surface area (Å²) in [6, 6.07) is 5.01. The molecule has 0 radical (unpaired) electrons. The zero-order valence-corrected chi connectivity index (χ0v) is 11.0. The zero-order chi connectivity index (χ0) is 14.7. The van der Waals surface area contributed by atoms with Crippen molar-refractivity contribution in [2.45, 2.75) is 6.92 Å². The summed E-state index contributed by atoms with van der Waals surface area (Å²) in [7, 11) is 1.54. The Labute approximate surface area is 114 Å². The average Bonchev–Trinajstić information content (AvgIpc) is 2.87. The molecule has 2 aromatic rings. The van der Waals surface area contributed by atoms with E-state index in [0.29, 0.717) is 11.3 Å².